The lowest BCUT2D eigenvalue weighted by atomic mass is 10.1. The lowest BCUT2D eigenvalue weighted by Crippen LogP contribution is -1.78. The lowest BCUT2D eigenvalue weighted by Gasteiger charge is -1.95. The molecule has 1 heteroatoms. The molecule has 0 radical (unpaired) electrons. The zero-order valence-electron chi connectivity index (χ0n) is 6.83. The fourth-order valence-corrected chi connectivity index (χ4v) is 1.03. The summed E-state index contributed by atoms with van der Waals surface area (Å²) in [5, 5.41) is 8.96. The molecule has 0 amide bonds. The van der Waals surface area contributed by atoms with Gasteiger partial charge in [-0.1, -0.05) is 24.3 Å². The molecular formula is C10H12O. The maximum Gasteiger partial charge on any atom is 0.0894 e. The van der Waals surface area contributed by atoms with Crippen LogP contribution in [0.5, 0.6) is 0 Å². The SMILES string of the molecule is CC(O)=CC(C)=C1C=CC=C1. The van der Waals surface area contributed by atoms with E-state index in [2.05, 4.69) is 0 Å². The molecule has 1 aliphatic carbocycles. The van der Waals surface area contributed by atoms with Gasteiger partial charge < -0.3 is 5.11 Å². The van der Waals surface area contributed by atoms with Gasteiger partial charge in [0.1, 0.15) is 0 Å². The summed E-state index contributed by atoms with van der Waals surface area (Å²) in [5.41, 5.74) is 2.26. The van der Waals surface area contributed by atoms with Gasteiger partial charge in [0.2, 0.25) is 0 Å². The summed E-state index contributed by atoms with van der Waals surface area (Å²) in [6, 6.07) is 0. The van der Waals surface area contributed by atoms with Crippen LogP contribution in [0.15, 0.2) is 47.3 Å². The van der Waals surface area contributed by atoms with Gasteiger partial charge in [-0.15, -0.1) is 0 Å². The molecular weight excluding hydrogens is 136 g/mol. The molecule has 0 saturated heterocycles. The van der Waals surface area contributed by atoms with Crippen molar-refractivity contribution in [2.75, 3.05) is 0 Å². The van der Waals surface area contributed by atoms with Gasteiger partial charge in [0.05, 0.1) is 5.76 Å². The first kappa shape index (κ1) is 7.86. The highest BCUT2D eigenvalue weighted by atomic mass is 16.3. The molecule has 0 fully saturated rings. The second kappa shape index (κ2) is 3.24. The third kappa shape index (κ3) is 2.11. The maximum atomic E-state index is 8.96. The molecule has 1 N–H and O–H groups in total. The fraction of sp³-hybridized carbons (Fsp3) is 0.200. The van der Waals surface area contributed by atoms with Gasteiger partial charge in [0, 0.05) is 0 Å². The van der Waals surface area contributed by atoms with Gasteiger partial charge in [-0.2, -0.15) is 0 Å². The molecule has 0 aliphatic heterocycles. The number of aliphatic hydroxyl groups excluding tert-OH is 1. The van der Waals surface area contributed by atoms with Crippen LogP contribution in [0, 0.1) is 0 Å². The summed E-state index contributed by atoms with van der Waals surface area (Å²) in [5.74, 6) is 0.351. The number of allylic oxidation sites excluding steroid dienone is 8. The topological polar surface area (TPSA) is 20.2 Å². The Balaban J connectivity index is 2.89. The van der Waals surface area contributed by atoms with E-state index in [0.717, 1.165) is 5.57 Å². The van der Waals surface area contributed by atoms with Gasteiger partial charge in [-0.05, 0) is 31.1 Å². The zero-order chi connectivity index (χ0) is 8.27. The second-order valence-corrected chi connectivity index (χ2v) is 2.64. The van der Waals surface area contributed by atoms with Crippen LogP contribution in [0.4, 0.5) is 0 Å². The van der Waals surface area contributed by atoms with Crippen molar-refractivity contribution in [2.45, 2.75) is 13.8 Å². The van der Waals surface area contributed by atoms with E-state index in [1.165, 1.54) is 5.57 Å². The Hall–Kier alpha value is -1.24. The number of rotatable bonds is 1. The molecule has 11 heavy (non-hydrogen) atoms. The number of hydrogen-bond acceptors (Lipinski definition) is 1. The smallest absolute Gasteiger partial charge is 0.0894 e. The summed E-state index contributed by atoms with van der Waals surface area (Å²) in [7, 11) is 0. The van der Waals surface area contributed by atoms with Crippen molar-refractivity contribution in [3.63, 3.8) is 0 Å². The Morgan fingerprint density at radius 3 is 2.27 bits per heavy atom. The van der Waals surface area contributed by atoms with Crippen molar-refractivity contribution in [1.29, 1.82) is 0 Å². The molecule has 0 atom stereocenters. The summed E-state index contributed by atoms with van der Waals surface area (Å²) in [6.07, 6.45) is 9.78. The van der Waals surface area contributed by atoms with Crippen LogP contribution in [0.2, 0.25) is 0 Å². The Morgan fingerprint density at radius 1 is 1.27 bits per heavy atom. The fourth-order valence-electron chi connectivity index (χ4n) is 1.03. The van der Waals surface area contributed by atoms with Gasteiger partial charge in [0.25, 0.3) is 0 Å². The highest BCUT2D eigenvalue weighted by molar-refractivity contribution is 5.46. The molecule has 0 aromatic carbocycles. The third-order valence-corrected chi connectivity index (χ3v) is 1.54. The van der Waals surface area contributed by atoms with E-state index < -0.39 is 0 Å². The van der Waals surface area contributed by atoms with Gasteiger partial charge in [-0.3, -0.25) is 0 Å². The molecule has 58 valence electrons. The molecule has 0 unspecified atom stereocenters. The first-order valence-corrected chi connectivity index (χ1v) is 3.63. The zero-order valence-corrected chi connectivity index (χ0v) is 6.83. The molecule has 0 saturated carbocycles. The predicted molar refractivity (Wildman–Crippen MR) is 47.4 cm³/mol. The molecule has 1 rings (SSSR count). The van der Waals surface area contributed by atoms with Crippen molar-refractivity contribution < 1.29 is 5.11 Å². The first-order valence-electron chi connectivity index (χ1n) is 3.63. The maximum absolute atomic E-state index is 8.96. The minimum Gasteiger partial charge on any atom is -0.513 e. The third-order valence-electron chi connectivity index (χ3n) is 1.54. The Kier molecular flexibility index (Phi) is 2.32. The van der Waals surface area contributed by atoms with E-state index in [1.807, 2.05) is 31.2 Å². The second-order valence-electron chi connectivity index (χ2n) is 2.64. The lowest BCUT2D eigenvalue weighted by molar-refractivity contribution is 0.414. The predicted octanol–water partition coefficient (Wildman–Crippen LogP) is 2.89. The van der Waals surface area contributed by atoms with Crippen molar-refractivity contribution in [3.05, 3.63) is 47.3 Å². The van der Waals surface area contributed by atoms with Crippen LogP contribution >= 0.6 is 0 Å². The van der Waals surface area contributed by atoms with Crippen molar-refractivity contribution in [2.24, 2.45) is 0 Å². The van der Waals surface area contributed by atoms with E-state index >= 15 is 0 Å². The van der Waals surface area contributed by atoms with Crippen LogP contribution in [0.25, 0.3) is 0 Å². The number of hydrogen-bond donors (Lipinski definition) is 1. The average molecular weight is 148 g/mol. The van der Waals surface area contributed by atoms with Crippen LogP contribution in [-0.4, -0.2) is 5.11 Å². The largest absolute Gasteiger partial charge is 0.513 e. The van der Waals surface area contributed by atoms with Gasteiger partial charge in [-0.25, -0.2) is 0 Å². The van der Waals surface area contributed by atoms with Crippen LogP contribution in [0.1, 0.15) is 13.8 Å². The van der Waals surface area contributed by atoms with E-state index in [-0.39, 0.29) is 0 Å². The van der Waals surface area contributed by atoms with E-state index in [4.69, 9.17) is 5.11 Å². The van der Waals surface area contributed by atoms with Crippen LogP contribution < -0.4 is 0 Å². The van der Waals surface area contributed by atoms with E-state index in [9.17, 15) is 0 Å². The number of aliphatic hydroxyl groups is 1. The van der Waals surface area contributed by atoms with Crippen molar-refractivity contribution in [1.82, 2.24) is 0 Å². The molecule has 0 aromatic heterocycles. The van der Waals surface area contributed by atoms with Crippen LogP contribution in [0.3, 0.4) is 0 Å². The highest BCUT2D eigenvalue weighted by Crippen LogP contribution is 2.14. The van der Waals surface area contributed by atoms with Gasteiger partial charge >= 0.3 is 0 Å². The summed E-state index contributed by atoms with van der Waals surface area (Å²) in [4.78, 5) is 0. The summed E-state index contributed by atoms with van der Waals surface area (Å²) in [6.45, 7) is 3.65. The molecule has 1 nitrogen and oxygen atoms in total. The quantitative estimate of drug-likeness (QED) is 0.567. The van der Waals surface area contributed by atoms with Crippen LogP contribution in [-0.2, 0) is 0 Å². The van der Waals surface area contributed by atoms with Gasteiger partial charge in [0.15, 0.2) is 0 Å². The normalized spacial score (nSPS) is 16.2. The minimum atomic E-state index is 0.351. The molecule has 0 aromatic rings. The van der Waals surface area contributed by atoms with Crippen molar-refractivity contribution in [3.8, 4) is 0 Å². The average Bonchev–Trinajstić information content (AvgIpc) is 2.35. The Labute approximate surface area is 67.1 Å². The van der Waals surface area contributed by atoms with E-state index in [0.29, 0.717) is 5.76 Å². The molecule has 0 bridgehead atoms. The standard InChI is InChI=1S/C10H12O/c1-8(7-9(2)11)10-5-3-4-6-10/h3-7,11H,1-2H3. The minimum absolute atomic E-state index is 0.351. The summed E-state index contributed by atoms with van der Waals surface area (Å²) < 4.78 is 0. The molecule has 0 heterocycles. The van der Waals surface area contributed by atoms with E-state index in [1.54, 1.807) is 13.0 Å². The summed E-state index contributed by atoms with van der Waals surface area (Å²) >= 11 is 0. The highest BCUT2D eigenvalue weighted by Gasteiger charge is 1.95. The van der Waals surface area contributed by atoms with Crippen molar-refractivity contribution >= 4 is 0 Å². The molecule has 0 spiro atoms. The first-order chi connectivity index (χ1) is 5.20. The Bertz CT molecular complexity index is 247. The molecule has 1 aliphatic rings. The monoisotopic (exact) mass is 148 g/mol. The Morgan fingerprint density at radius 2 is 1.82 bits per heavy atom.